The first-order chi connectivity index (χ1) is 6.66. The van der Waals surface area contributed by atoms with Crippen molar-refractivity contribution in [1.29, 1.82) is 0 Å². The Hall–Kier alpha value is -0.180. The van der Waals surface area contributed by atoms with Crippen molar-refractivity contribution in [3.05, 3.63) is 25.0 Å². The van der Waals surface area contributed by atoms with Crippen LogP contribution in [0.3, 0.4) is 0 Å². The molecule has 1 N–H and O–H groups in total. The summed E-state index contributed by atoms with van der Waals surface area (Å²) in [6, 6.07) is 0. The predicted octanol–water partition coefficient (Wildman–Crippen LogP) is 2.64. The Balaban J connectivity index is 4.23. The van der Waals surface area contributed by atoms with Crippen molar-refractivity contribution in [2.75, 3.05) is 19.9 Å². The molecule has 2 atom stereocenters. The summed E-state index contributed by atoms with van der Waals surface area (Å²) in [5, 5.41) is 8.55. The predicted molar refractivity (Wildman–Crippen MR) is 59.7 cm³/mol. The van der Waals surface area contributed by atoms with Crippen molar-refractivity contribution in [2.24, 2.45) is 0 Å². The molecule has 0 radical (unpaired) electrons. The van der Waals surface area contributed by atoms with Crippen LogP contribution in [0.1, 0.15) is 6.92 Å². The number of aliphatic hydroxyl groups is 1. The Bertz CT molecular complexity index is 317. The van der Waals surface area contributed by atoms with Crippen molar-refractivity contribution in [3.63, 3.8) is 0 Å². The Kier molecular flexibility index (Phi) is 5.71. The van der Waals surface area contributed by atoms with Gasteiger partial charge in [-0.05, 0) is 12.5 Å². The zero-order valence-corrected chi connectivity index (χ0v) is 10.7. The Morgan fingerprint density at radius 1 is 1.47 bits per heavy atom. The molecule has 15 heavy (non-hydrogen) atoms. The largest absolute Gasteiger partial charge is 0.518 e. The van der Waals surface area contributed by atoms with E-state index in [1.807, 2.05) is 0 Å². The minimum atomic E-state index is -3.59. The van der Waals surface area contributed by atoms with Crippen molar-refractivity contribution in [3.8, 4) is 0 Å². The van der Waals surface area contributed by atoms with Gasteiger partial charge in [-0.15, -0.1) is 0 Å². The van der Waals surface area contributed by atoms with E-state index < -0.39 is 15.0 Å². The Labute approximate surface area is 90.5 Å². The molecule has 0 rings (SSSR count). The maximum Gasteiger partial charge on any atom is 0.518 e. The normalized spacial score (nSPS) is 20.6. The quantitative estimate of drug-likeness (QED) is 0.448. The van der Waals surface area contributed by atoms with Crippen LogP contribution < -0.4 is 0 Å². The third-order valence-corrected chi connectivity index (χ3v) is 4.13. The monoisotopic (exact) mass is 254 g/mol. The maximum absolute atomic E-state index is 11.5. The molecule has 0 aliphatic heterocycles. The third kappa shape index (κ3) is 8.79. The molecule has 0 aliphatic carbocycles. The fraction of sp³-hybridized carbons (Fsp3) is 0.500. The summed E-state index contributed by atoms with van der Waals surface area (Å²) in [5.41, 5.74) is 0.681. The standard InChI is InChI=1S/C8H16O5P2/c1-8(5-6-9)7-12-15(4,11)13-14(2,3)10/h5,9H,2,4,6-7H2,1,3H3/q+2/b8-5-. The van der Waals surface area contributed by atoms with E-state index in [1.54, 1.807) is 6.92 Å². The highest BCUT2D eigenvalue weighted by molar-refractivity contribution is 7.70. The summed E-state index contributed by atoms with van der Waals surface area (Å²) in [4.78, 5) is 0. The first-order valence-electron chi connectivity index (χ1n) is 4.15. The maximum atomic E-state index is 11.5. The van der Waals surface area contributed by atoms with Gasteiger partial charge in [0.05, 0.1) is 19.9 Å². The van der Waals surface area contributed by atoms with Crippen molar-refractivity contribution in [2.45, 2.75) is 6.92 Å². The molecule has 0 amide bonds. The molecule has 0 bridgehead atoms. The van der Waals surface area contributed by atoms with E-state index in [-0.39, 0.29) is 13.2 Å². The highest BCUT2D eigenvalue weighted by atomic mass is 31.3. The van der Waals surface area contributed by atoms with E-state index in [0.717, 1.165) is 0 Å². The minimum absolute atomic E-state index is 0.00133. The number of hydrogen-bond donors (Lipinski definition) is 1. The van der Waals surface area contributed by atoms with Crippen LogP contribution in [0.2, 0.25) is 0 Å². The van der Waals surface area contributed by atoms with Crippen LogP contribution in [0.4, 0.5) is 0 Å². The lowest BCUT2D eigenvalue weighted by atomic mass is 10.3. The molecule has 0 saturated heterocycles. The molecule has 2 unspecified atom stereocenters. The molecule has 0 saturated carbocycles. The lowest BCUT2D eigenvalue weighted by molar-refractivity contribution is 0.294. The topological polar surface area (TPSA) is 72.8 Å². The van der Waals surface area contributed by atoms with Crippen LogP contribution in [0.15, 0.2) is 11.6 Å². The average molecular weight is 254 g/mol. The van der Waals surface area contributed by atoms with Gasteiger partial charge in [0.25, 0.3) is 0 Å². The molecule has 0 heterocycles. The van der Waals surface area contributed by atoms with E-state index in [1.165, 1.54) is 12.7 Å². The van der Waals surface area contributed by atoms with Gasteiger partial charge in [0.15, 0.2) is 6.66 Å². The van der Waals surface area contributed by atoms with Gasteiger partial charge in [-0.25, -0.2) is 9.13 Å². The first-order valence-corrected chi connectivity index (χ1v) is 8.13. The van der Waals surface area contributed by atoms with E-state index in [4.69, 9.17) is 9.63 Å². The molecule has 0 aromatic carbocycles. The number of hydrogen-bond acceptors (Lipinski definition) is 5. The molecular weight excluding hydrogens is 238 g/mol. The van der Waals surface area contributed by atoms with E-state index in [0.29, 0.717) is 5.57 Å². The van der Waals surface area contributed by atoms with Crippen molar-refractivity contribution >= 4 is 15.0 Å². The van der Waals surface area contributed by atoms with Crippen LogP contribution in [-0.4, -0.2) is 25.0 Å². The SMILES string of the molecule is [CH2+]P(C)(=O)OP([CH2+])(=O)OC/C(C)=C\CO. The van der Waals surface area contributed by atoms with E-state index in [2.05, 4.69) is 17.6 Å². The third-order valence-electron chi connectivity index (χ3n) is 1.23. The van der Waals surface area contributed by atoms with Crippen molar-refractivity contribution < 1.29 is 23.1 Å². The molecule has 7 heteroatoms. The van der Waals surface area contributed by atoms with E-state index >= 15 is 0 Å². The molecule has 5 nitrogen and oxygen atoms in total. The number of rotatable bonds is 6. The van der Waals surface area contributed by atoms with Gasteiger partial charge in [0.1, 0.15) is 6.66 Å². The fourth-order valence-corrected chi connectivity index (χ4v) is 3.40. The van der Waals surface area contributed by atoms with Gasteiger partial charge in [0, 0.05) is 0 Å². The summed E-state index contributed by atoms with van der Waals surface area (Å²) in [7, 11) is -6.72. The summed E-state index contributed by atoms with van der Waals surface area (Å²) < 4.78 is 32.1. The summed E-state index contributed by atoms with van der Waals surface area (Å²) in [6.07, 6.45) is 1.50. The van der Waals surface area contributed by atoms with E-state index in [9.17, 15) is 9.13 Å². The van der Waals surface area contributed by atoms with Gasteiger partial charge in [0.2, 0.25) is 0 Å². The summed E-state index contributed by atoms with van der Waals surface area (Å²) in [6.45, 7) is 9.19. The number of aliphatic hydroxyl groups excluding tert-OH is 1. The second-order valence-corrected chi connectivity index (χ2v) is 7.37. The van der Waals surface area contributed by atoms with Crippen LogP contribution >= 0.6 is 15.0 Å². The molecule has 0 fully saturated rings. The highest BCUT2D eigenvalue weighted by Crippen LogP contribution is 2.60. The van der Waals surface area contributed by atoms with Gasteiger partial charge in [-0.3, -0.25) is 4.52 Å². The molecular formula is C8H16O5P2+2. The van der Waals surface area contributed by atoms with Crippen LogP contribution in [0.25, 0.3) is 0 Å². The van der Waals surface area contributed by atoms with Crippen molar-refractivity contribution in [1.82, 2.24) is 0 Å². The van der Waals surface area contributed by atoms with Crippen LogP contribution in [0.5, 0.6) is 0 Å². The summed E-state index contributed by atoms with van der Waals surface area (Å²) in [5.74, 6) is 0. The molecule has 86 valence electrons. The highest BCUT2D eigenvalue weighted by Gasteiger charge is 2.36. The Morgan fingerprint density at radius 3 is 2.40 bits per heavy atom. The second-order valence-electron chi connectivity index (χ2n) is 3.21. The zero-order chi connectivity index (χ0) is 12.1. The van der Waals surface area contributed by atoms with Gasteiger partial charge in [-0.2, -0.15) is 4.31 Å². The first kappa shape index (κ1) is 14.8. The van der Waals surface area contributed by atoms with Crippen LogP contribution in [0, 0.1) is 13.3 Å². The van der Waals surface area contributed by atoms with Crippen LogP contribution in [-0.2, 0) is 18.0 Å². The minimum Gasteiger partial charge on any atom is -0.392 e. The molecule has 0 aromatic heterocycles. The molecule has 0 aromatic rings. The molecule has 0 aliphatic rings. The fourth-order valence-electron chi connectivity index (χ4n) is 0.702. The smallest absolute Gasteiger partial charge is 0.392 e. The second kappa shape index (κ2) is 5.78. The lowest BCUT2D eigenvalue weighted by Gasteiger charge is -2.07. The van der Waals surface area contributed by atoms with Gasteiger partial charge >= 0.3 is 15.0 Å². The molecule has 0 spiro atoms. The summed E-state index contributed by atoms with van der Waals surface area (Å²) >= 11 is 0. The van der Waals surface area contributed by atoms with Gasteiger partial charge in [-0.1, -0.05) is 6.08 Å². The Morgan fingerprint density at radius 2 is 2.00 bits per heavy atom. The van der Waals surface area contributed by atoms with Gasteiger partial charge < -0.3 is 5.11 Å². The average Bonchev–Trinajstić information content (AvgIpc) is 1.97. The zero-order valence-electron chi connectivity index (χ0n) is 8.88. The lowest BCUT2D eigenvalue weighted by Crippen LogP contribution is -1.95.